The van der Waals surface area contributed by atoms with Gasteiger partial charge in [-0.25, -0.2) is 0 Å². The molecular formula is C62H61N. The van der Waals surface area contributed by atoms with E-state index in [2.05, 4.69) is 229 Å². The van der Waals surface area contributed by atoms with Crippen molar-refractivity contribution in [2.24, 2.45) is 0 Å². The second-order valence-electron chi connectivity index (χ2n) is 20.5. The van der Waals surface area contributed by atoms with Crippen LogP contribution in [-0.2, 0) is 16.2 Å². The fourth-order valence-electron chi connectivity index (χ4n) is 10.9. The maximum atomic E-state index is 2.54. The second-order valence-corrected chi connectivity index (χ2v) is 20.5. The lowest BCUT2D eigenvalue weighted by Crippen LogP contribution is -2.22. The van der Waals surface area contributed by atoms with Gasteiger partial charge in [0.2, 0.25) is 0 Å². The predicted octanol–water partition coefficient (Wildman–Crippen LogP) is 17.6. The Bertz CT molecular complexity index is 2910. The summed E-state index contributed by atoms with van der Waals surface area (Å²) in [6.07, 6.45) is 6.51. The molecule has 1 unspecified atom stereocenters. The number of rotatable bonds is 7. The van der Waals surface area contributed by atoms with E-state index in [-0.39, 0.29) is 16.2 Å². The van der Waals surface area contributed by atoms with Gasteiger partial charge in [-0.15, -0.1) is 0 Å². The van der Waals surface area contributed by atoms with Crippen molar-refractivity contribution < 1.29 is 0 Å². The fourth-order valence-corrected chi connectivity index (χ4v) is 10.9. The summed E-state index contributed by atoms with van der Waals surface area (Å²) in [5, 5.41) is 2.74. The number of hydrogen-bond acceptors (Lipinski definition) is 1. The van der Waals surface area contributed by atoms with Crippen LogP contribution in [0.3, 0.4) is 0 Å². The fraction of sp³-hybridized carbons (Fsp3) is 0.258. The van der Waals surface area contributed by atoms with Crippen molar-refractivity contribution >= 4 is 27.8 Å². The van der Waals surface area contributed by atoms with Crippen LogP contribution in [-0.4, -0.2) is 0 Å². The van der Waals surface area contributed by atoms with Gasteiger partial charge in [-0.05, 0) is 139 Å². The zero-order valence-corrected chi connectivity index (χ0v) is 38.3. The van der Waals surface area contributed by atoms with Crippen LogP contribution >= 0.6 is 0 Å². The van der Waals surface area contributed by atoms with Crippen LogP contribution in [0.1, 0.15) is 120 Å². The third-order valence-electron chi connectivity index (χ3n) is 14.5. The highest BCUT2D eigenvalue weighted by Crippen LogP contribution is 2.55. The average molecular weight is 820 g/mol. The smallest absolute Gasteiger partial charge is 0.0540 e. The molecule has 1 nitrogen and oxygen atoms in total. The van der Waals surface area contributed by atoms with Crippen molar-refractivity contribution in [2.75, 3.05) is 4.90 Å². The lowest BCUT2D eigenvalue weighted by atomic mass is 9.74. The molecule has 314 valence electrons. The van der Waals surface area contributed by atoms with Crippen LogP contribution in [0.2, 0.25) is 0 Å². The second kappa shape index (κ2) is 15.9. The van der Waals surface area contributed by atoms with Crippen molar-refractivity contribution in [1.29, 1.82) is 0 Å². The van der Waals surface area contributed by atoms with E-state index in [1.165, 1.54) is 121 Å². The molecule has 0 heterocycles. The molecule has 8 aromatic carbocycles. The van der Waals surface area contributed by atoms with Crippen LogP contribution < -0.4 is 4.90 Å². The molecule has 1 fully saturated rings. The van der Waals surface area contributed by atoms with Gasteiger partial charge in [0, 0.05) is 22.4 Å². The zero-order chi connectivity index (χ0) is 43.5. The van der Waals surface area contributed by atoms with Crippen molar-refractivity contribution in [2.45, 2.75) is 103 Å². The summed E-state index contributed by atoms with van der Waals surface area (Å²) in [6.45, 7) is 16.4. The Labute approximate surface area is 376 Å². The van der Waals surface area contributed by atoms with Crippen LogP contribution in [0, 0.1) is 0 Å². The molecule has 0 aliphatic heterocycles. The highest BCUT2D eigenvalue weighted by Gasteiger charge is 2.41. The number of nitrogens with zero attached hydrogens (tertiary/aromatic N) is 1. The van der Waals surface area contributed by atoms with Crippen LogP contribution in [0.15, 0.2) is 176 Å². The van der Waals surface area contributed by atoms with Crippen molar-refractivity contribution in [3.63, 3.8) is 0 Å². The van der Waals surface area contributed by atoms with Gasteiger partial charge in [0.05, 0.1) is 5.69 Å². The quantitative estimate of drug-likeness (QED) is 0.155. The molecule has 0 N–H and O–H groups in total. The molecule has 1 heteroatoms. The number of para-hydroxylation sites is 1. The molecule has 2 aliphatic rings. The maximum absolute atomic E-state index is 2.54. The molecule has 63 heavy (non-hydrogen) atoms. The van der Waals surface area contributed by atoms with E-state index in [9.17, 15) is 0 Å². The summed E-state index contributed by atoms with van der Waals surface area (Å²) < 4.78 is 0. The van der Waals surface area contributed by atoms with Crippen LogP contribution in [0.5, 0.6) is 0 Å². The first kappa shape index (κ1) is 40.9. The minimum atomic E-state index is -0.245. The Morgan fingerprint density at radius 2 is 1.05 bits per heavy atom. The SMILES string of the molecule is CC(C)(C)c1cc(N(c2ccc(-c3cccc4c3-c3ccccc3C4(C)c3ccccc3)cc2)c2ccccc2-c2cccc3cccc(C4CCCCC4)c23)cc(C(C)(C)C)c1. The Morgan fingerprint density at radius 3 is 1.75 bits per heavy atom. The van der Waals surface area contributed by atoms with E-state index in [0.29, 0.717) is 5.92 Å². The molecule has 0 radical (unpaired) electrons. The number of benzene rings is 8. The highest BCUT2D eigenvalue weighted by molar-refractivity contribution is 6.03. The average Bonchev–Trinajstić information content (AvgIpc) is 3.58. The third kappa shape index (κ3) is 7.20. The molecule has 0 saturated heterocycles. The first-order valence-electron chi connectivity index (χ1n) is 23.4. The number of hydrogen-bond donors (Lipinski definition) is 0. The molecule has 0 spiro atoms. The molecule has 0 amide bonds. The Hall–Kier alpha value is -6.18. The van der Waals surface area contributed by atoms with Gasteiger partial charge in [-0.3, -0.25) is 0 Å². The first-order valence-corrected chi connectivity index (χ1v) is 23.4. The summed E-state index contributed by atoms with van der Waals surface area (Å²) in [5.74, 6) is 0.592. The lowest BCUT2D eigenvalue weighted by molar-refractivity contribution is 0.445. The summed E-state index contributed by atoms with van der Waals surface area (Å²) >= 11 is 0. The third-order valence-corrected chi connectivity index (χ3v) is 14.5. The molecule has 0 aromatic heterocycles. The van der Waals surface area contributed by atoms with E-state index in [0.717, 1.165) is 5.69 Å². The van der Waals surface area contributed by atoms with Gasteiger partial charge in [0.1, 0.15) is 0 Å². The standard InChI is InChI=1S/C62H61N/c1-60(2,3)46-39-47(61(4,5)6)41-49(40-46)63(57-34-17-15-27-52(57)53-31-19-24-44-23-18-29-50(58(44)53)42-21-10-8-11-22-42)48-37-35-43(36-38-48)51-30-20-33-56-59(51)54-28-14-16-32-55(54)62(56,7)45-25-12-9-13-26-45/h9,12-20,23-42H,8,10-11,21-22H2,1-7H3. The normalized spacial score (nSPS) is 16.5. The van der Waals surface area contributed by atoms with Gasteiger partial charge in [0.25, 0.3) is 0 Å². The van der Waals surface area contributed by atoms with Gasteiger partial charge in [-0.1, -0.05) is 206 Å². The molecule has 8 aromatic rings. The van der Waals surface area contributed by atoms with Crippen molar-refractivity contribution in [3.05, 3.63) is 209 Å². The topological polar surface area (TPSA) is 3.24 Å². The minimum absolute atomic E-state index is 0.0339. The molecule has 1 saturated carbocycles. The van der Waals surface area contributed by atoms with Gasteiger partial charge < -0.3 is 4.90 Å². The van der Waals surface area contributed by atoms with Crippen LogP contribution in [0.25, 0.3) is 44.2 Å². The van der Waals surface area contributed by atoms with Crippen LogP contribution in [0.4, 0.5) is 17.1 Å². The summed E-state index contributed by atoms with van der Waals surface area (Å²) in [4.78, 5) is 2.54. The van der Waals surface area contributed by atoms with E-state index in [1.807, 2.05) is 0 Å². The van der Waals surface area contributed by atoms with E-state index >= 15 is 0 Å². The summed E-state index contributed by atoms with van der Waals surface area (Å²) in [7, 11) is 0. The molecule has 10 rings (SSSR count). The zero-order valence-electron chi connectivity index (χ0n) is 38.3. The molecular weight excluding hydrogens is 759 g/mol. The maximum Gasteiger partial charge on any atom is 0.0540 e. The molecule has 1 atom stereocenters. The van der Waals surface area contributed by atoms with Crippen molar-refractivity contribution in [3.8, 4) is 33.4 Å². The summed E-state index contributed by atoms with van der Waals surface area (Å²) in [5.41, 5.74) is 19.2. The van der Waals surface area contributed by atoms with E-state index < -0.39 is 0 Å². The minimum Gasteiger partial charge on any atom is -0.310 e. The largest absolute Gasteiger partial charge is 0.310 e. The Balaban J connectivity index is 1.17. The van der Waals surface area contributed by atoms with Gasteiger partial charge in [0.15, 0.2) is 0 Å². The Morgan fingerprint density at radius 1 is 0.476 bits per heavy atom. The highest BCUT2D eigenvalue weighted by atomic mass is 15.1. The number of anilines is 3. The molecule has 0 bridgehead atoms. The van der Waals surface area contributed by atoms with E-state index in [4.69, 9.17) is 0 Å². The van der Waals surface area contributed by atoms with E-state index in [1.54, 1.807) is 0 Å². The lowest BCUT2D eigenvalue weighted by Gasteiger charge is -2.32. The first-order chi connectivity index (χ1) is 30.4. The summed E-state index contributed by atoms with van der Waals surface area (Å²) in [6, 6.07) is 66.9. The Kier molecular flexibility index (Phi) is 10.3. The van der Waals surface area contributed by atoms with Crippen molar-refractivity contribution in [1.82, 2.24) is 0 Å². The monoisotopic (exact) mass is 819 g/mol. The number of fused-ring (bicyclic) bond motifs is 4. The van der Waals surface area contributed by atoms with Gasteiger partial charge >= 0.3 is 0 Å². The van der Waals surface area contributed by atoms with Gasteiger partial charge in [-0.2, -0.15) is 0 Å². The molecule has 2 aliphatic carbocycles. The predicted molar refractivity (Wildman–Crippen MR) is 270 cm³/mol.